The zero-order valence-corrected chi connectivity index (χ0v) is 14.2. The van der Waals surface area contributed by atoms with Gasteiger partial charge in [0.25, 0.3) is 0 Å². The molecule has 0 N–H and O–H groups in total. The minimum atomic E-state index is -0.214. The molecule has 3 nitrogen and oxygen atoms in total. The minimum Gasteiger partial charge on any atom is -0.497 e. The maximum atomic E-state index is 5.98. The van der Waals surface area contributed by atoms with Crippen LogP contribution in [-0.4, -0.2) is 20.0 Å². The highest BCUT2D eigenvalue weighted by molar-refractivity contribution is 5.84. The number of fused-ring (bicyclic) bond motifs is 1. The third-order valence-electron chi connectivity index (χ3n) is 4.15. The van der Waals surface area contributed by atoms with Crippen molar-refractivity contribution >= 4 is 10.8 Å². The van der Waals surface area contributed by atoms with E-state index in [0.717, 1.165) is 5.75 Å². The number of methoxy groups -OCH3 is 1. The topological polar surface area (TPSA) is 27.7 Å². The maximum Gasteiger partial charge on any atom is 0.203 e. The van der Waals surface area contributed by atoms with Gasteiger partial charge in [-0.2, -0.15) is 0 Å². The monoisotopic (exact) mass is 312 g/mol. The molecule has 0 amide bonds. The zero-order valence-electron chi connectivity index (χ0n) is 14.2. The fourth-order valence-corrected chi connectivity index (χ4v) is 2.76. The summed E-state index contributed by atoms with van der Waals surface area (Å²) in [6.07, 6.45) is 3.65. The number of hydrogen-bond acceptors (Lipinski definition) is 3. The molecule has 0 radical (unpaired) electrons. The number of benzene rings is 2. The lowest BCUT2D eigenvalue weighted by atomic mass is 9.95. The molecule has 0 bridgehead atoms. The summed E-state index contributed by atoms with van der Waals surface area (Å²) < 4.78 is 17.0. The van der Waals surface area contributed by atoms with Crippen LogP contribution in [0.2, 0.25) is 0 Å². The highest BCUT2D eigenvalue weighted by Crippen LogP contribution is 2.31. The van der Waals surface area contributed by atoms with Gasteiger partial charge in [-0.05, 0) is 34.5 Å². The number of ether oxygens (including phenoxy) is 3. The first-order valence-electron chi connectivity index (χ1n) is 7.99. The quantitative estimate of drug-likeness (QED) is 0.792. The van der Waals surface area contributed by atoms with Gasteiger partial charge in [0, 0.05) is 11.3 Å². The Bertz CT molecular complexity index is 712. The molecule has 2 aromatic rings. The van der Waals surface area contributed by atoms with Gasteiger partial charge in [-0.3, -0.25) is 0 Å². The Hall–Kier alpha value is -2.00. The van der Waals surface area contributed by atoms with Crippen molar-refractivity contribution in [2.75, 3.05) is 13.7 Å². The minimum absolute atomic E-state index is 0.0425. The second kappa shape index (κ2) is 6.25. The van der Waals surface area contributed by atoms with Crippen molar-refractivity contribution in [2.24, 2.45) is 5.41 Å². The van der Waals surface area contributed by atoms with E-state index in [1.807, 2.05) is 6.07 Å². The van der Waals surface area contributed by atoms with Crippen LogP contribution in [0.4, 0.5) is 0 Å². The average Bonchev–Trinajstić information content (AvgIpc) is 2.79. The first kappa shape index (κ1) is 15.9. The maximum absolute atomic E-state index is 5.98. The van der Waals surface area contributed by atoms with Crippen LogP contribution in [-0.2, 0) is 9.47 Å². The van der Waals surface area contributed by atoms with Gasteiger partial charge < -0.3 is 14.2 Å². The Morgan fingerprint density at radius 1 is 1.04 bits per heavy atom. The van der Waals surface area contributed by atoms with Crippen molar-refractivity contribution in [3.63, 3.8) is 0 Å². The average molecular weight is 312 g/mol. The van der Waals surface area contributed by atoms with Gasteiger partial charge in [0.15, 0.2) is 0 Å². The molecular weight excluding hydrogens is 288 g/mol. The van der Waals surface area contributed by atoms with Gasteiger partial charge in [0.1, 0.15) is 5.75 Å². The molecule has 23 heavy (non-hydrogen) atoms. The Morgan fingerprint density at radius 3 is 2.52 bits per heavy atom. The molecule has 2 unspecified atom stereocenters. The van der Waals surface area contributed by atoms with Crippen molar-refractivity contribution < 1.29 is 14.2 Å². The van der Waals surface area contributed by atoms with Crippen LogP contribution in [0.1, 0.15) is 32.3 Å². The van der Waals surface area contributed by atoms with E-state index in [1.54, 1.807) is 13.4 Å². The van der Waals surface area contributed by atoms with Gasteiger partial charge in [-0.25, -0.2) is 0 Å². The van der Waals surface area contributed by atoms with Crippen molar-refractivity contribution in [3.8, 4) is 5.75 Å². The lowest BCUT2D eigenvalue weighted by molar-refractivity contribution is -0.159. The summed E-state index contributed by atoms with van der Waals surface area (Å²) in [6.45, 7) is 6.99. The van der Waals surface area contributed by atoms with Crippen LogP contribution in [0.3, 0.4) is 0 Å². The Kier molecular flexibility index (Phi) is 4.31. The molecule has 3 heteroatoms. The second-order valence-corrected chi connectivity index (χ2v) is 7.07. The Balaban J connectivity index is 1.83. The first-order chi connectivity index (χ1) is 11.0. The molecule has 0 aliphatic carbocycles. The molecule has 0 saturated carbocycles. The summed E-state index contributed by atoms with van der Waals surface area (Å²) in [5, 5.41) is 2.38. The van der Waals surface area contributed by atoms with Gasteiger partial charge in [-0.1, -0.05) is 45.0 Å². The van der Waals surface area contributed by atoms with Crippen LogP contribution in [0.5, 0.6) is 5.75 Å². The van der Waals surface area contributed by atoms with Crippen LogP contribution < -0.4 is 4.74 Å². The summed E-state index contributed by atoms with van der Waals surface area (Å²) >= 11 is 0. The molecule has 122 valence electrons. The third kappa shape index (κ3) is 3.50. The first-order valence-corrected chi connectivity index (χ1v) is 7.99. The van der Waals surface area contributed by atoms with Gasteiger partial charge in [0.05, 0.1) is 20.0 Å². The van der Waals surface area contributed by atoms with E-state index in [1.165, 1.54) is 16.3 Å². The van der Waals surface area contributed by atoms with Crippen LogP contribution in [0.15, 0.2) is 48.7 Å². The molecular formula is C20H24O3. The van der Waals surface area contributed by atoms with Crippen molar-refractivity contribution in [1.82, 2.24) is 0 Å². The largest absolute Gasteiger partial charge is 0.497 e. The molecule has 1 heterocycles. The fraction of sp³-hybridized carbons (Fsp3) is 0.400. The van der Waals surface area contributed by atoms with E-state index in [0.29, 0.717) is 6.61 Å². The van der Waals surface area contributed by atoms with Crippen molar-refractivity contribution in [2.45, 2.75) is 33.0 Å². The van der Waals surface area contributed by atoms with Crippen molar-refractivity contribution in [3.05, 3.63) is 54.3 Å². The summed E-state index contributed by atoms with van der Waals surface area (Å²) in [5.41, 5.74) is 1.19. The molecule has 1 aliphatic heterocycles. The van der Waals surface area contributed by atoms with Crippen molar-refractivity contribution in [1.29, 1.82) is 0 Å². The van der Waals surface area contributed by atoms with Gasteiger partial charge >= 0.3 is 0 Å². The lowest BCUT2D eigenvalue weighted by Crippen LogP contribution is -2.30. The van der Waals surface area contributed by atoms with E-state index in [2.05, 4.69) is 57.2 Å². The summed E-state index contributed by atoms with van der Waals surface area (Å²) in [5.74, 6) is 1.08. The predicted molar refractivity (Wildman–Crippen MR) is 92.7 cm³/mol. The van der Waals surface area contributed by atoms with Crippen LogP contribution in [0.25, 0.3) is 10.8 Å². The summed E-state index contributed by atoms with van der Waals surface area (Å²) in [4.78, 5) is 0. The summed E-state index contributed by atoms with van der Waals surface area (Å²) in [7, 11) is 1.69. The number of hydrogen-bond donors (Lipinski definition) is 0. The van der Waals surface area contributed by atoms with Gasteiger partial charge in [0.2, 0.25) is 6.29 Å². The molecule has 2 aromatic carbocycles. The molecule has 0 aromatic heterocycles. The van der Waals surface area contributed by atoms with Gasteiger partial charge in [-0.15, -0.1) is 0 Å². The molecule has 3 rings (SSSR count). The predicted octanol–water partition coefficient (Wildman–Crippen LogP) is 4.86. The van der Waals surface area contributed by atoms with Crippen LogP contribution in [0, 0.1) is 5.41 Å². The second-order valence-electron chi connectivity index (χ2n) is 7.07. The third-order valence-corrected chi connectivity index (χ3v) is 4.15. The van der Waals surface area contributed by atoms with E-state index in [-0.39, 0.29) is 17.6 Å². The molecule has 2 atom stereocenters. The molecule has 1 aliphatic rings. The van der Waals surface area contributed by atoms with Crippen LogP contribution >= 0.6 is 0 Å². The van der Waals surface area contributed by atoms with E-state index in [9.17, 15) is 0 Å². The smallest absolute Gasteiger partial charge is 0.203 e. The van der Waals surface area contributed by atoms with E-state index < -0.39 is 0 Å². The van der Waals surface area contributed by atoms with E-state index in [4.69, 9.17) is 14.2 Å². The lowest BCUT2D eigenvalue weighted by Gasteiger charge is -2.28. The standard InChI is InChI=1S/C20H24O3/c1-20(2,3)19-22-10-9-17(13-23-19)15-5-6-16-12-18(21-4)8-7-14(16)11-15/h5-12,17,19H,13H2,1-4H3. The summed E-state index contributed by atoms with van der Waals surface area (Å²) in [6, 6.07) is 12.6. The zero-order chi connectivity index (χ0) is 16.4. The Morgan fingerprint density at radius 2 is 1.78 bits per heavy atom. The SMILES string of the molecule is COc1ccc2cc(C3C=COC(C(C)(C)C)OC3)ccc2c1. The highest BCUT2D eigenvalue weighted by atomic mass is 16.7. The fourth-order valence-electron chi connectivity index (χ4n) is 2.76. The molecule has 0 fully saturated rings. The molecule has 0 saturated heterocycles. The molecule has 0 spiro atoms. The normalized spacial score (nSPS) is 21.7. The Labute approximate surface area is 137 Å². The highest BCUT2D eigenvalue weighted by Gasteiger charge is 2.29. The van der Waals surface area contributed by atoms with E-state index >= 15 is 0 Å². The number of rotatable bonds is 2.